The number of carboxylic acids is 1. The molecular weight excluding hydrogens is 380 g/mol. The summed E-state index contributed by atoms with van der Waals surface area (Å²) in [5, 5.41) is 10.9. The predicted octanol–water partition coefficient (Wildman–Crippen LogP) is 0.623. The minimum absolute atomic E-state index is 0.116. The van der Waals surface area contributed by atoms with E-state index in [-0.39, 0.29) is 16.1 Å². The molecular formula is C19H19N4O4S-. The van der Waals surface area contributed by atoms with Gasteiger partial charge in [-0.05, 0) is 19.4 Å². The van der Waals surface area contributed by atoms with Crippen LogP contribution >= 0.6 is 11.8 Å². The van der Waals surface area contributed by atoms with Crippen molar-refractivity contribution in [1.29, 1.82) is 0 Å². The van der Waals surface area contributed by atoms with E-state index >= 15 is 0 Å². The van der Waals surface area contributed by atoms with Gasteiger partial charge in [0.1, 0.15) is 10.4 Å². The largest absolute Gasteiger partial charge is 0.549 e. The van der Waals surface area contributed by atoms with Crippen molar-refractivity contribution in [3.05, 3.63) is 50.7 Å². The fourth-order valence-corrected chi connectivity index (χ4v) is 3.83. The molecule has 0 fully saturated rings. The number of aromatic nitrogens is 4. The lowest BCUT2D eigenvalue weighted by atomic mass is 10.1. The molecule has 0 unspecified atom stereocenters. The standard InChI is InChI=1S/C19H20N4O4S/c1-5-12(18(25)26)28-16-13-15(22(3)19(27)23(4)17(13)24)20-14(21-16)11-8-6-7-10(2)9-11/h6-9,12H,5H2,1-4H3,(H,25,26)/p-1/t12-/m1/s1. The molecule has 1 aromatic carbocycles. The smallest absolute Gasteiger partial charge is 0.332 e. The second kappa shape index (κ2) is 7.59. The SMILES string of the molecule is CC[C@@H](Sc1nc(-c2cccc(C)c2)nc2c1c(=O)n(C)c(=O)n2C)C(=O)[O-]. The Hall–Kier alpha value is -2.94. The normalized spacial score (nSPS) is 12.3. The maximum atomic E-state index is 12.8. The van der Waals surface area contributed by atoms with E-state index in [4.69, 9.17) is 0 Å². The van der Waals surface area contributed by atoms with E-state index in [0.29, 0.717) is 17.8 Å². The quantitative estimate of drug-likeness (QED) is 0.457. The lowest BCUT2D eigenvalue weighted by Gasteiger charge is -2.17. The third kappa shape index (κ3) is 3.45. The number of fused-ring (bicyclic) bond motifs is 1. The van der Waals surface area contributed by atoms with Gasteiger partial charge in [0.05, 0.1) is 11.2 Å². The zero-order valence-corrected chi connectivity index (χ0v) is 16.7. The summed E-state index contributed by atoms with van der Waals surface area (Å²) < 4.78 is 2.23. The molecule has 0 amide bonds. The third-order valence-corrected chi connectivity index (χ3v) is 5.76. The topological polar surface area (TPSA) is 110 Å². The molecule has 3 rings (SSSR count). The highest BCUT2D eigenvalue weighted by Crippen LogP contribution is 2.30. The van der Waals surface area contributed by atoms with E-state index in [2.05, 4.69) is 9.97 Å². The van der Waals surface area contributed by atoms with E-state index in [1.54, 1.807) is 6.92 Å². The van der Waals surface area contributed by atoms with Crippen molar-refractivity contribution in [3.8, 4) is 11.4 Å². The molecule has 0 aliphatic heterocycles. The van der Waals surface area contributed by atoms with Crippen molar-refractivity contribution >= 4 is 28.8 Å². The summed E-state index contributed by atoms with van der Waals surface area (Å²) >= 11 is 0.935. The van der Waals surface area contributed by atoms with E-state index in [1.165, 1.54) is 18.7 Å². The molecule has 0 aliphatic carbocycles. The average Bonchev–Trinajstić information content (AvgIpc) is 2.67. The number of carbonyl (C=O) groups is 1. The number of nitrogens with zero attached hydrogens (tertiary/aromatic N) is 4. The minimum Gasteiger partial charge on any atom is -0.549 e. The molecule has 0 N–H and O–H groups in total. The molecule has 28 heavy (non-hydrogen) atoms. The number of benzene rings is 1. The monoisotopic (exact) mass is 399 g/mol. The van der Waals surface area contributed by atoms with Crippen LogP contribution in [0.3, 0.4) is 0 Å². The van der Waals surface area contributed by atoms with Crippen LogP contribution in [0.1, 0.15) is 18.9 Å². The number of aryl methyl sites for hydroxylation is 2. The van der Waals surface area contributed by atoms with Gasteiger partial charge in [-0.2, -0.15) is 0 Å². The van der Waals surface area contributed by atoms with Crippen LogP contribution in [0, 0.1) is 6.92 Å². The number of thioether (sulfide) groups is 1. The molecule has 0 radical (unpaired) electrons. The van der Waals surface area contributed by atoms with Crippen molar-refractivity contribution in [2.24, 2.45) is 14.1 Å². The summed E-state index contributed by atoms with van der Waals surface area (Å²) in [7, 11) is 2.88. The van der Waals surface area contributed by atoms with Crippen LogP contribution in [0.4, 0.5) is 0 Å². The lowest BCUT2D eigenvalue weighted by molar-refractivity contribution is -0.304. The Balaban J connectivity index is 2.39. The van der Waals surface area contributed by atoms with Gasteiger partial charge >= 0.3 is 5.69 Å². The Morgan fingerprint density at radius 2 is 1.93 bits per heavy atom. The van der Waals surface area contributed by atoms with Gasteiger partial charge in [0, 0.05) is 19.7 Å². The van der Waals surface area contributed by atoms with Crippen LogP contribution < -0.4 is 16.4 Å². The molecule has 0 saturated carbocycles. The van der Waals surface area contributed by atoms with Crippen molar-refractivity contribution in [1.82, 2.24) is 19.1 Å². The maximum absolute atomic E-state index is 12.8. The Bertz CT molecular complexity index is 1200. The number of aliphatic carboxylic acids is 1. The van der Waals surface area contributed by atoms with Crippen LogP contribution in [0.25, 0.3) is 22.4 Å². The van der Waals surface area contributed by atoms with Gasteiger partial charge in [-0.1, -0.05) is 42.4 Å². The first kappa shape index (κ1) is 19.8. The molecule has 0 bridgehead atoms. The zero-order valence-electron chi connectivity index (χ0n) is 15.9. The summed E-state index contributed by atoms with van der Waals surface area (Å²) in [5.74, 6) is -0.923. The fraction of sp³-hybridized carbons (Fsp3) is 0.316. The number of carboxylic acid groups (broad SMARTS) is 1. The molecule has 3 aromatic rings. The number of hydrogen-bond donors (Lipinski definition) is 0. The van der Waals surface area contributed by atoms with Gasteiger partial charge in [-0.3, -0.25) is 13.9 Å². The van der Waals surface area contributed by atoms with Crippen molar-refractivity contribution in [3.63, 3.8) is 0 Å². The number of hydrogen-bond acceptors (Lipinski definition) is 7. The van der Waals surface area contributed by atoms with Gasteiger partial charge in [0.25, 0.3) is 5.56 Å². The summed E-state index contributed by atoms with van der Waals surface area (Å²) in [4.78, 5) is 45.5. The van der Waals surface area contributed by atoms with Gasteiger partial charge in [0.2, 0.25) is 0 Å². The van der Waals surface area contributed by atoms with Crippen LogP contribution in [-0.4, -0.2) is 30.3 Å². The maximum Gasteiger partial charge on any atom is 0.332 e. The Labute approximate surface area is 164 Å². The third-order valence-electron chi connectivity index (χ3n) is 4.43. The summed E-state index contributed by atoms with van der Waals surface area (Å²) in [6, 6.07) is 7.47. The van der Waals surface area contributed by atoms with E-state index in [9.17, 15) is 19.5 Å². The van der Waals surface area contributed by atoms with Crippen molar-refractivity contribution < 1.29 is 9.90 Å². The second-order valence-corrected chi connectivity index (χ2v) is 7.65. The Morgan fingerprint density at radius 1 is 1.21 bits per heavy atom. The van der Waals surface area contributed by atoms with Crippen molar-refractivity contribution in [2.75, 3.05) is 0 Å². The molecule has 2 aromatic heterocycles. The van der Waals surface area contributed by atoms with Crippen LogP contribution in [0.5, 0.6) is 0 Å². The highest BCUT2D eigenvalue weighted by molar-refractivity contribution is 8.00. The summed E-state index contributed by atoms with van der Waals surface area (Å²) in [6.45, 7) is 3.64. The van der Waals surface area contributed by atoms with Crippen molar-refractivity contribution in [2.45, 2.75) is 30.5 Å². The predicted molar refractivity (Wildman–Crippen MR) is 105 cm³/mol. The van der Waals surface area contributed by atoms with Crippen LogP contribution in [0.15, 0.2) is 38.9 Å². The van der Waals surface area contributed by atoms with E-state index in [1.807, 2.05) is 31.2 Å². The summed E-state index contributed by atoms with van der Waals surface area (Å²) in [5.41, 5.74) is 0.780. The van der Waals surface area contributed by atoms with E-state index in [0.717, 1.165) is 21.9 Å². The van der Waals surface area contributed by atoms with Crippen LogP contribution in [0.2, 0.25) is 0 Å². The van der Waals surface area contributed by atoms with Gasteiger partial charge in [-0.25, -0.2) is 14.8 Å². The molecule has 146 valence electrons. The first-order valence-corrected chi connectivity index (χ1v) is 9.54. The van der Waals surface area contributed by atoms with Gasteiger partial charge in [-0.15, -0.1) is 0 Å². The first-order chi connectivity index (χ1) is 13.2. The lowest BCUT2D eigenvalue weighted by Crippen LogP contribution is -2.38. The molecule has 0 saturated heterocycles. The summed E-state index contributed by atoms with van der Waals surface area (Å²) in [6.07, 6.45) is 0.296. The number of carbonyl (C=O) groups excluding carboxylic acids is 1. The Kier molecular flexibility index (Phi) is 5.37. The Morgan fingerprint density at radius 3 is 2.54 bits per heavy atom. The van der Waals surface area contributed by atoms with Crippen LogP contribution in [-0.2, 0) is 18.9 Å². The minimum atomic E-state index is -1.24. The second-order valence-electron chi connectivity index (χ2n) is 6.46. The molecule has 9 heteroatoms. The fourth-order valence-electron chi connectivity index (χ4n) is 2.86. The average molecular weight is 399 g/mol. The number of rotatable bonds is 5. The zero-order chi connectivity index (χ0) is 20.6. The molecule has 1 atom stereocenters. The van der Waals surface area contributed by atoms with E-state index < -0.39 is 22.5 Å². The highest BCUT2D eigenvalue weighted by atomic mass is 32.2. The highest BCUT2D eigenvalue weighted by Gasteiger charge is 2.21. The first-order valence-electron chi connectivity index (χ1n) is 8.67. The molecule has 0 aliphatic rings. The van der Waals surface area contributed by atoms with Gasteiger partial charge in [0.15, 0.2) is 11.5 Å². The molecule has 8 nitrogen and oxygen atoms in total. The molecule has 0 spiro atoms. The molecule has 2 heterocycles. The van der Waals surface area contributed by atoms with Gasteiger partial charge < -0.3 is 9.90 Å².